The molecule has 3 aliphatic heterocycles. The molecule has 4 atom stereocenters. The zero-order valence-corrected chi connectivity index (χ0v) is 18.3. The Morgan fingerprint density at radius 1 is 1.27 bits per heavy atom. The lowest BCUT2D eigenvalue weighted by molar-refractivity contribution is -0.534. The molecular weight excluding hydrogens is 422 g/mol. The van der Waals surface area contributed by atoms with Gasteiger partial charge in [0.1, 0.15) is 6.61 Å². The minimum absolute atomic E-state index is 0.0941. The molecular formula is C25H25N3O5. The van der Waals surface area contributed by atoms with Gasteiger partial charge in [0.25, 0.3) is 11.9 Å². The fourth-order valence-electron chi connectivity index (χ4n) is 6.01. The average molecular weight is 447 g/mol. The second-order valence-corrected chi connectivity index (χ2v) is 8.56. The van der Waals surface area contributed by atoms with Crippen molar-refractivity contribution in [3.05, 3.63) is 63.7 Å². The summed E-state index contributed by atoms with van der Waals surface area (Å²) in [6.45, 7) is 3.00. The molecule has 0 aliphatic carbocycles. The van der Waals surface area contributed by atoms with E-state index < -0.39 is 17.5 Å². The third kappa shape index (κ3) is 3.00. The number of hydrogen-bond donors (Lipinski definition) is 1. The lowest BCUT2D eigenvalue weighted by atomic mass is 9.77. The van der Waals surface area contributed by atoms with Crippen LogP contribution < -0.4 is 14.8 Å². The molecule has 0 radical (unpaired) electrons. The summed E-state index contributed by atoms with van der Waals surface area (Å²) in [5.74, 6) is 2.62. The van der Waals surface area contributed by atoms with Crippen molar-refractivity contribution >= 4 is 11.6 Å². The topological polar surface area (TPSA) is 93.9 Å². The number of hydrogen-bond acceptors (Lipinski definition) is 6. The second kappa shape index (κ2) is 8.09. The van der Waals surface area contributed by atoms with Crippen LogP contribution in [0.3, 0.4) is 0 Å². The second-order valence-electron chi connectivity index (χ2n) is 8.56. The molecule has 33 heavy (non-hydrogen) atoms. The van der Waals surface area contributed by atoms with Gasteiger partial charge in [-0.05, 0) is 43.5 Å². The highest BCUT2D eigenvalue weighted by molar-refractivity contribution is 6.07. The number of para-hydroxylation sites is 1. The molecule has 1 N–H and O–H groups in total. The Morgan fingerprint density at radius 3 is 2.85 bits per heavy atom. The monoisotopic (exact) mass is 447 g/mol. The fourth-order valence-corrected chi connectivity index (χ4v) is 6.01. The Morgan fingerprint density at radius 2 is 2.09 bits per heavy atom. The van der Waals surface area contributed by atoms with E-state index >= 15 is 0 Å². The van der Waals surface area contributed by atoms with Crippen molar-refractivity contribution in [1.82, 2.24) is 4.90 Å². The number of carbonyl (C=O) groups excluding carboxylic acids is 1. The predicted molar refractivity (Wildman–Crippen MR) is 122 cm³/mol. The molecule has 2 aromatic carbocycles. The van der Waals surface area contributed by atoms with Crippen LogP contribution in [0.2, 0.25) is 0 Å². The summed E-state index contributed by atoms with van der Waals surface area (Å²) in [6, 6.07) is 11.4. The first-order valence-corrected chi connectivity index (χ1v) is 11.2. The first-order chi connectivity index (χ1) is 16.0. The van der Waals surface area contributed by atoms with Crippen LogP contribution in [-0.4, -0.2) is 47.6 Å². The Labute approximate surface area is 192 Å². The maximum Gasteiger partial charge on any atom is 0.256 e. The highest BCUT2D eigenvalue weighted by Crippen LogP contribution is 2.58. The highest BCUT2D eigenvalue weighted by atomic mass is 16.6. The lowest BCUT2D eigenvalue weighted by Crippen LogP contribution is -2.55. The highest BCUT2D eigenvalue weighted by Gasteiger charge is 2.73. The minimum Gasteiger partial charge on any atom is -0.490 e. The van der Waals surface area contributed by atoms with Crippen molar-refractivity contribution in [2.45, 2.75) is 43.3 Å². The summed E-state index contributed by atoms with van der Waals surface area (Å²) in [5.41, 5.74) is 0.758. The number of benzene rings is 2. The van der Waals surface area contributed by atoms with Crippen molar-refractivity contribution in [2.24, 2.45) is 0 Å². The standard InChI is InChI=1S/C25H25N3O5/c1-3-14-33-20-12-11-16(15-21(20)32-4-2)22-19-10-7-13-27(19)25(23(22)28(30)31)17-8-5-6-9-18(17)26-24(25)29/h1,5-6,8-9,11-12,15,19,22-23H,4,7,10,13-14H2,2H3,(H,26,29)/t19-,22+,23-,25-/m0/s1. The maximum atomic E-state index is 13.5. The summed E-state index contributed by atoms with van der Waals surface area (Å²) in [6.07, 6.45) is 6.99. The van der Waals surface area contributed by atoms with Crippen LogP contribution in [0.5, 0.6) is 11.5 Å². The molecule has 5 rings (SSSR count). The van der Waals surface area contributed by atoms with Crippen molar-refractivity contribution in [3.63, 3.8) is 0 Å². The minimum atomic E-state index is -1.34. The number of nitrogens with zero attached hydrogens (tertiary/aromatic N) is 2. The number of amides is 1. The van der Waals surface area contributed by atoms with Gasteiger partial charge in [0, 0.05) is 28.8 Å². The van der Waals surface area contributed by atoms with Crippen LogP contribution in [0.25, 0.3) is 0 Å². The van der Waals surface area contributed by atoms with E-state index in [1.165, 1.54) is 0 Å². The molecule has 8 nitrogen and oxygen atoms in total. The van der Waals surface area contributed by atoms with E-state index in [2.05, 4.69) is 16.1 Å². The van der Waals surface area contributed by atoms with Crippen molar-refractivity contribution in [3.8, 4) is 23.8 Å². The van der Waals surface area contributed by atoms with Crippen molar-refractivity contribution < 1.29 is 19.2 Å². The normalized spacial score (nSPS) is 27.6. The van der Waals surface area contributed by atoms with Crippen LogP contribution in [-0.2, 0) is 10.3 Å². The number of anilines is 1. The fraction of sp³-hybridized carbons (Fsp3) is 0.400. The van der Waals surface area contributed by atoms with E-state index in [0.717, 1.165) is 18.4 Å². The smallest absolute Gasteiger partial charge is 0.256 e. The number of terminal acetylenes is 1. The van der Waals surface area contributed by atoms with Crippen molar-refractivity contribution in [1.29, 1.82) is 0 Å². The summed E-state index contributed by atoms with van der Waals surface area (Å²) in [5, 5.41) is 15.6. The maximum absolute atomic E-state index is 13.5. The van der Waals surface area contributed by atoms with Crippen LogP contribution in [0.15, 0.2) is 42.5 Å². The number of fused-ring (bicyclic) bond motifs is 4. The first kappa shape index (κ1) is 21.3. The Kier molecular flexibility index (Phi) is 5.22. The summed E-state index contributed by atoms with van der Waals surface area (Å²) in [4.78, 5) is 28.0. The third-order valence-corrected chi connectivity index (χ3v) is 7.06. The van der Waals surface area contributed by atoms with E-state index in [0.29, 0.717) is 35.9 Å². The molecule has 170 valence electrons. The molecule has 1 amide bonds. The summed E-state index contributed by atoms with van der Waals surface area (Å²) in [7, 11) is 0. The van der Waals surface area contributed by atoms with Gasteiger partial charge in [-0.15, -0.1) is 6.42 Å². The number of nitrogens with one attached hydrogen (secondary N) is 1. The molecule has 0 bridgehead atoms. The van der Waals surface area contributed by atoms with Gasteiger partial charge in [0.2, 0.25) is 0 Å². The number of rotatable bonds is 6. The molecule has 0 aromatic heterocycles. The van der Waals surface area contributed by atoms with Gasteiger partial charge in [-0.25, -0.2) is 0 Å². The molecule has 2 saturated heterocycles. The predicted octanol–water partition coefficient (Wildman–Crippen LogP) is 3.15. The van der Waals surface area contributed by atoms with E-state index in [1.54, 1.807) is 6.07 Å². The van der Waals surface area contributed by atoms with E-state index in [9.17, 15) is 14.9 Å². The van der Waals surface area contributed by atoms with Gasteiger partial charge in [0.05, 0.1) is 12.5 Å². The third-order valence-electron chi connectivity index (χ3n) is 7.06. The first-order valence-electron chi connectivity index (χ1n) is 11.2. The molecule has 1 spiro atoms. The van der Waals surface area contributed by atoms with Crippen LogP contribution in [0, 0.1) is 22.5 Å². The quantitative estimate of drug-likeness (QED) is 0.415. The summed E-state index contributed by atoms with van der Waals surface area (Å²) < 4.78 is 11.4. The number of nitro groups is 1. The van der Waals surface area contributed by atoms with Gasteiger partial charge >= 0.3 is 0 Å². The molecule has 0 unspecified atom stereocenters. The Hall–Kier alpha value is -3.57. The van der Waals surface area contributed by atoms with Crippen LogP contribution in [0.4, 0.5) is 5.69 Å². The Balaban J connectivity index is 1.66. The lowest BCUT2D eigenvalue weighted by Gasteiger charge is -2.32. The molecule has 8 heteroatoms. The van der Waals surface area contributed by atoms with Crippen molar-refractivity contribution in [2.75, 3.05) is 25.1 Å². The average Bonchev–Trinajstić information content (AvgIpc) is 3.46. The summed E-state index contributed by atoms with van der Waals surface area (Å²) >= 11 is 0. The van der Waals surface area contributed by atoms with E-state index in [1.807, 2.05) is 43.3 Å². The zero-order valence-electron chi connectivity index (χ0n) is 18.3. The van der Waals surface area contributed by atoms with E-state index in [4.69, 9.17) is 15.9 Å². The molecule has 3 heterocycles. The molecule has 3 aliphatic rings. The van der Waals surface area contributed by atoms with Gasteiger partial charge in [-0.3, -0.25) is 19.8 Å². The van der Waals surface area contributed by atoms with Gasteiger partial charge in [0.15, 0.2) is 17.0 Å². The molecule has 2 fully saturated rings. The Bertz CT molecular complexity index is 1160. The SMILES string of the molecule is C#CCOc1ccc([C@H]2[C@H]([N+](=O)[O-])[C@@]3(C(=O)Nc4ccccc43)N3CCC[C@@H]23)cc1OCC. The van der Waals surface area contributed by atoms with Crippen LogP contribution in [0.1, 0.15) is 36.8 Å². The zero-order chi connectivity index (χ0) is 23.2. The largest absolute Gasteiger partial charge is 0.490 e. The van der Waals surface area contributed by atoms with E-state index in [-0.39, 0.29) is 23.5 Å². The number of ether oxygens (including phenoxy) is 2. The van der Waals surface area contributed by atoms with Gasteiger partial charge < -0.3 is 14.8 Å². The molecule has 2 aromatic rings. The van der Waals surface area contributed by atoms with Gasteiger partial charge in [-0.1, -0.05) is 30.2 Å². The van der Waals surface area contributed by atoms with Gasteiger partial charge in [-0.2, -0.15) is 0 Å². The van der Waals surface area contributed by atoms with Crippen LogP contribution >= 0.6 is 0 Å². The number of carbonyl (C=O) groups is 1. The molecule has 0 saturated carbocycles.